The van der Waals surface area contributed by atoms with Crippen LogP contribution in [-0.2, 0) is 32.3 Å². The molecule has 2 aromatic carbocycles. The number of anilines is 1. The van der Waals surface area contributed by atoms with Crippen molar-refractivity contribution in [2.45, 2.75) is 32.6 Å². The van der Waals surface area contributed by atoms with E-state index >= 15 is 0 Å². The van der Waals surface area contributed by atoms with Gasteiger partial charge in [-0.3, -0.25) is 13.9 Å². The van der Waals surface area contributed by atoms with Crippen LogP contribution in [0.15, 0.2) is 42.5 Å². The third-order valence-electron chi connectivity index (χ3n) is 5.01. The molecule has 0 aliphatic carbocycles. The van der Waals surface area contributed by atoms with E-state index < -0.39 is 46.2 Å². The first-order chi connectivity index (χ1) is 16.1. The molecule has 0 aliphatic heterocycles. The number of sulfonamides is 1. The number of amides is 2. The molecule has 0 fully saturated rings. The number of benzene rings is 2. The third-order valence-corrected chi connectivity index (χ3v) is 6.74. The number of nitrogens with one attached hydrogen (secondary N) is 1. The molecule has 7 nitrogen and oxygen atoms in total. The summed E-state index contributed by atoms with van der Waals surface area (Å²) in [5, 5.41) is 3.15. The predicted octanol–water partition coefficient (Wildman–Crippen LogP) is 4.33. The summed E-state index contributed by atoms with van der Waals surface area (Å²) in [5.41, 5.74) is -0.979. The van der Waals surface area contributed by atoms with Gasteiger partial charge in [0, 0.05) is 23.1 Å². The molecule has 35 heavy (non-hydrogen) atoms. The van der Waals surface area contributed by atoms with Gasteiger partial charge in [-0.15, -0.1) is 0 Å². The van der Waals surface area contributed by atoms with E-state index in [1.165, 1.54) is 19.1 Å². The second-order valence-corrected chi connectivity index (χ2v) is 10.4. The summed E-state index contributed by atoms with van der Waals surface area (Å²) < 4.78 is 65.0. The maximum absolute atomic E-state index is 13.3. The van der Waals surface area contributed by atoms with Gasteiger partial charge in [0.2, 0.25) is 21.8 Å². The number of carbonyl (C=O) groups excluding carboxylic acids is 2. The van der Waals surface area contributed by atoms with Gasteiger partial charge in [0.15, 0.2) is 0 Å². The number of rotatable bonds is 9. The van der Waals surface area contributed by atoms with E-state index in [1.807, 2.05) is 0 Å². The first kappa shape index (κ1) is 28.7. The highest BCUT2D eigenvalue weighted by Gasteiger charge is 2.33. The van der Waals surface area contributed by atoms with E-state index in [4.69, 9.17) is 23.2 Å². The van der Waals surface area contributed by atoms with Crippen molar-refractivity contribution in [1.82, 2.24) is 10.2 Å². The van der Waals surface area contributed by atoms with Gasteiger partial charge >= 0.3 is 6.18 Å². The molecular weight excluding hydrogens is 530 g/mol. The molecule has 0 aliphatic rings. The number of hydrogen-bond acceptors (Lipinski definition) is 4. The Kier molecular flexibility index (Phi) is 9.43. The van der Waals surface area contributed by atoms with Crippen molar-refractivity contribution >= 4 is 50.7 Å². The molecule has 2 aromatic rings. The van der Waals surface area contributed by atoms with Crippen molar-refractivity contribution in [3.63, 3.8) is 0 Å². The second kappa shape index (κ2) is 11.5. The molecule has 0 radical (unpaired) electrons. The molecule has 0 bridgehead atoms. The zero-order valence-corrected chi connectivity index (χ0v) is 21.4. The molecule has 1 atom stereocenters. The Bertz CT molecular complexity index is 1190. The van der Waals surface area contributed by atoms with Gasteiger partial charge in [0.1, 0.15) is 12.6 Å². The van der Waals surface area contributed by atoms with Gasteiger partial charge < -0.3 is 10.2 Å². The maximum Gasteiger partial charge on any atom is 0.416 e. The van der Waals surface area contributed by atoms with Crippen LogP contribution in [0.2, 0.25) is 10.0 Å². The van der Waals surface area contributed by atoms with E-state index in [-0.39, 0.29) is 23.8 Å². The van der Waals surface area contributed by atoms with Crippen LogP contribution in [0.1, 0.15) is 25.0 Å². The molecule has 0 heterocycles. The summed E-state index contributed by atoms with van der Waals surface area (Å²) in [4.78, 5) is 26.9. The van der Waals surface area contributed by atoms with Crippen LogP contribution in [0.25, 0.3) is 0 Å². The van der Waals surface area contributed by atoms with Gasteiger partial charge in [-0.2, -0.15) is 13.2 Å². The van der Waals surface area contributed by atoms with E-state index in [9.17, 15) is 31.2 Å². The van der Waals surface area contributed by atoms with Crippen molar-refractivity contribution in [3.8, 4) is 0 Å². The zero-order chi connectivity index (χ0) is 26.6. The fourth-order valence-electron chi connectivity index (χ4n) is 3.19. The van der Waals surface area contributed by atoms with Crippen molar-refractivity contribution in [3.05, 3.63) is 63.6 Å². The Balaban J connectivity index is 2.47. The lowest BCUT2D eigenvalue weighted by molar-refractivity contribution is -0.139. The standard InChI is InChI=1S/C22H24Cl2F3N3O4S/c1-4-28-21(32)14(2)29(12-15-8-9-17(23)11-19(15)24)20(31)13-30(35(3,33)34)18-7-5-6-16(10-18)22(25,26)27/h5-11,14H,4,12-13H2,1-3H3,(H,28,32). The highest BCUT2D eigenvalue weighted by atomic mass is 35.5. The first-order valence-electron chi connectivity index (χ1n) is 10.3. The van der Waals surface area contributed by atoms with E-state index in [0.29, 0.717) is 21.0 Å². The SMILES string of the molecule is CCNC(=O)C(C)N(Cc1ccc(Cl)cc1Cl)C(=O)CN(c1cccc(C(F)(F)F)c1)S(C)(=O)=O. The van der Waals surface area contributed by atoms with Gasteiger partial charge in [-0.25, -0.2) is 8.42 Å². The number of nitrogens with zero attached hydrogens (tertiary/aromatic N) is 2. The summed E-state index contributed by atoms with van der Waals surface area (Å²) >= 11 is 12.1. The Morgan fingerprint density at radius 3 is 2.31 bits per heavy atom. The molecule has 0 spiro atoms. The Hall–Kier alpha value is -2.50. The van der Waals surface area contributed by atoms with Gasteiger partial charge in [-0.1, -0.05) is 35.3 Å². The monoisotopic (exact) mass is 553 g/mol. The molecule has 1 unspecified atom stereocenters. The summed E-state index contributed by atoms with van der Waals surface area (Å²) in [7, 11) is -4.18. The van der Waals surface area contributed by atoms with Gasteiger partial charge in [0.25, 0.3) is 0 Å². The molecule has 0 aromatic heterocycles. The lowest BCUT2D eigenvalue weighted by Crippen LogP contribution is -2.51. The molecule has 2 rings (SSSR count). The summed E-state index contributed by atoms with van der Waals surface area (Å²) in [6.45, 7) is 2.41. The minimum atomic E-state index is -4.71. The minimum absolute atomic E-state index is 0.173. The largest absolute Gasteiger partial charge is 0.416 e. The van der Waals surface area contributed by atoms with Crippen LogP contribution in [-0.4, -0.2) is 50.5 Å². The molecule has 2 amide bonds. The number of likely N-dealkylation sites (N-methyl/N-ethyl adjacent to an activating group) is 1. The predicted molar refractivity (Wildman–Crippen MR) is 129 cm³/mol. The Morgan fingerprint density at radius 1 is 1.11 bits per heavy atom. The molecule has 0 saturated carbocycles. The maximum atomic E-state index is 13.3. The van der Waals surface area contributed by atoms with E-state index in [2.05, 4.69) is 5.32 Å². The van der Waals surface area contributed by atoms with E-state index in [0.717, 1.165) is 29.4 Å². The minimum Gasteiger partial charge on any atom is -0.355 e. The fraction of sp³-hybridized carbons (Fsp3) is 0.364. The molecule has 192 valence electrons. The van der Waals surface area contributed by atoms with Crippen molar-refractivity contribution in [1.29, 1.82) is 0 Å². The van der Waals surface area contributed by atoms with Crippen molar-refractivity contribution in [2.24, 2.45) is 0 Å². The number of halogens is 5. The van der Waals surface area contributed by atoms with Gasteiger partial charge in [0.05, 0.1) is 17.5 Å². The summed E-state index contributed by atoms with van der Waals surface area (Å²) in [6, 6.07) is 7.12. The average Bonchev–Trinajstić information content (AvgIpc) is 2.75. The number of alkyl halides is 3. The third kappa shape index (κ3) is 7.74. The zero-order valence-electron chi connectivity index (χ0n) is 19.1. The first-order valence-corrected chi connectivity index (χ1v) is 12.9. The molecule has 1 N–H and O–H groups in total. The van der Waals surface area contributed by atoms with Crippen LogP contribution >= 0.6 is 23.2 Å². The Morgan fingerprint density at radius 2 is 1.77 bits per heavy atom. The van der Waals surface area contributed by atoms with Crippen LogP contribution in [0, 0.1) is 0 Å². The van der Waals surface area contributed by atoms with Gasteiger partial charge in [-0.05, 0) is 49.7 Å². The highest BCUT2D eigenvalue weighted by molar-refractivity contribution is 7.92. The highest BCUT2D eigenvalue weighted by Crippen LogP contribution is 2.32. The smallest absolute Gasteiger partial charge is 0.355 e. The van der Waals surface area contributed by atoms with Crippen LogP contribution < -0.4 is 9.62 Å². The van der Waals surface area contributed by atoms with Crippen LogP contribution in [0.5, 0.6) is 0 Å². The van der Waals surface area contributed by atoms with Crippen LogP contribution in [0.3, 0.4) is 0 Å². The number of hydrogen-bond donors (Lipinski definition) is 1. The lowest BCUT2D eigenvalue weighted by atomic mass is 10.1. The van der Waals surface area contributed by atoms with Crippen molar-refractivity contribution < 1.29 is 31.2 Å². The Labute approximate surface area is 211 Å². The lowest BCUT2D eigenvalue weighted by Gasteiger charge is -2.31. The second-order valence-electron chi connectivity index (χ2n) is 7.65. The summed E-state index contributed by atoms with van der Waals surface area (Å²) in [5.74, 6) is -1.33. The topological polar surface area (TPSA) is 86.8 Å². The van der Waals surface area contributed by atoms with E-state index in [1.54, 1.807) is 13.0 Å². The fourth-order valence-corrected chi connectivity index (χ4v) is 4.50. The van der Waals surface area contributed by atoms with Crippen molar-refractivity contribution in [2.75, 3.05) is 23.7 Å². The average molecular weight is 554 g/mol. The molecule has 0 saturated heterocycles. The normalized spacial score (nSPS) is 12.7. The summed E-state index contributed by atoms with van der Waals surface area (Å²) in [6.07, 6.45) is -3.94. The number of carbonyl (C=O) groups is 2. The molecule has 13 heteroatoms. The van der Waals surface area contributed by atoms with Crippen LogP contribution in [0.4, 0.5) is 18.9 Å². The quantitative estimate of drug-likeness (QED) is 0.500. The molecular formula is C22H24Cl2F3N3O4S.